The summed E-state index contributed by atoms with van der Waals surface area (Å²) in [5, 5.41) is 13.3. The van der Waals surface area contributed by atoms with Gasteiger partial charge in [0.2, 0.25) is 5.91 Å². The Bertz CT molecular complexity index is 829. The van der Waals surface area contributed by atoms with Gasteiger partial charge in [0.15, 0.2) is 0 Å². The fourth-order valence-corrected chi connectivity index (χ4v) is 3.96. The Morgan fingerprint density at radius 2 is 2.12 bits per heavy atom. The average Bonchev–Trinajstić information content (AvgIpc) is 3.28. The summed E-state index contributed by atoms with van der Waals surface area (Å²) in [5.74, 6) is -0.405. The number of hydrogen-bond donors (Lipinski definition) is 1. The highest BCUT2D eigenvalue weighted by atomic mass is 16.4. The summed E-state index contributed by atoms with van der Waals surface area (Å²) in [4.78, 5) is 26.0. The Kier molecular flexibility index (Phi) is 3.82. The molecule has 0 spiro atoms. The summed E-state index contributed by atoms with van der Waals surface area (Å²) < 4.78 is 1.77. The molecule has 1 fully saturated rings. The predicted molar refractivity (Wildman–Crippen MR) is 92.5 cm³/mol. The minimum Gasteiger partial charge on any atom is -0.481 e. The van der Waals surface area contributed by atoms with Crippen molar-refractivity contribution in [1.29, 1.82) is 0 Å². The Morgan fingerprint density at radius 1 is 1.32 bits per heavy atom. The molecule has 1 aliphatic heterocycles. The summed E-state index contributed by atoms with van der Waals surface area (Å²) in [6.45, 7) is 0.587. The van der Waals surface area contributed by atoms with Crippen LogP contribution in [0.1, 0.15) is 42.2 Å². The van der Waals surface area contributed by atoms with E-state index in [1.165, 1.54) is 0 Å². The highest BCUT2D eigenvalue weighted by molar-refractivity contribution is 5.98. The molecule has 3 unspecified atom stereocenters. The zero-order chi connectivity index (χ0) is 17.6. The number of aromatic nitrogens is 2. The van der Waals surface area contributed by atoms with Crippen LogP contribution in [0.4, 0.5) is 5.69 Å². The molecule has 1 aromatic heterocycles. The number of hydrogen-bond acceptors (Lipinski definition) is 3. The van der Waals surface area contributed by atoms with Crippen LogP contribution in [0, 0.1) is 5.92 Å². The summed E-state index contributed by atoms with van der Waals surface area (Å²) >= 11 is 0. The summed E-state index contributed by atoms with van der Waals surface area (Å²) in [6, 6.07) is 7.71. The lowest BCUT2D eigenvalue weighted by molar-refractivity contribution is -0.137. The number of carbonyl (C=O) groups excluding carboxylic acids is 1. The number of amides is 1. The maximum Gasteiger partial charge on any atom is 0.303 e. The molecule has 6 nitrogen and oxygen atoms in total. The van der Waals surface area contributed by atoms with Crippen molar-refractivity contribution >= 4 is 17.6 Å². The Hall–Kier alpha value is -2.63. The molecule has 25 heavy (non-hydrogen) atoms. The molecule has 0 radical (unpaired) electrons. The standard InChI is InChI=1S/C19H21N3O3/c1-21-11-13(10-20-21)15-9-16(15)19(25)22-7-6-12(8-18(23)24)14-4-2-3-5-17(14)22/h2-5,10-12,15-16H,6-9H2,1H3,(H,23,24). The second kappa shape index (κ2) is 6.02. The highest BCUT2D eigenvalue weighted by Gasteiger charge is 2.47. The predicted octanol–water partition coefficient (Wildman–Crippen LogP) is 2.52. The van der Waals surface area contributed by atoms with Gasteiger partial charge in [-0.1, -0.05) is 18.2 Å². The first kappa shape index (κ1) is 15.9. The second-order valence-corrected chi connectivity index (χ2v) is 7.03. The normalized spacial score (nSPS) is 24.7. The molecule has 1 aromatic carbocycles. The van der Waals surface area contributed by atoms with Crippen LogP contribution >= 0.6 is 0 Å². The van der Waals surface area contributed by atoms with Crippen molar-refractivity contribution in [3.8, 4) is 0 Å². The third kappa shape index (κ3) is 2.92. The third-order valence-electron chi connectivity index (χ3n) is 5.32. The van der Waals surface area contributed by atoms with Crippen molar-refractivity contribution in [2.24, 2.45) is 13.0 Å². The molecule has 130 valence electrons. The molecule has 3 atom stereocenters. The van der Waals surface area contributed by atoms with Crippen LogP contribution in [0.15, 0.2) is 36.7 Å². The van der Waals surface area contributed by atoms with Gasteiger partial charge in [0.05, 0.1) is 12.6 Å². The van der Waals surface area contributed by atoms with Gasteiger partial charge in [0.25, 0.3) is 0 Å². The molecular formula is C19H21N3O3. The molecule has 1 N–H and O–H groups in total. The molecule has 2 aliphatic rings. The van der Waals surface area contributed by atoms with Gasteiger partial charge in [-0.25, -0.2) is 0 Å². The molecule has 4 rings (SSSR count). The summed E-state index contributed by atoms with van der Waals surface area (Å²) in [6.07, 6.45) is 5.48. The fraction of sp³-hybridized carbons (Fsp3) is 0.421. The molecule has 2 heterocycles. The van der Waals surface area contributed by atoms with E-state index in [0.29, 0.717) is 13.0 Å². The van der Waals surface area contributed by atoms with E-state index in [-0.39, 0.29) is 30.1 Å². The lowest BCUT2D eigenvalue weighted by atomic mass is 9.87. The van der Waals surface area contributed by atoms with Crippen molar-refractivity contribution in [3.63, 3.8) is 0 Å². The zero-order valence-corrected chi connectivity index (χ0v) is 14.1. The molecule has 1 saturated carbocycles. The smallest absolute Gasteiger partial charge is 0.303 e. The highest BCUT2D eigenvalue weighted by Crippen LogP contribution is 2.50. The average molecular weight is 339 g/mol. The number of rotatable bonds is 4. The lowest BCUT2D eigenvalue weighted by Crippen LogP contribution is -2.38. The van der Waals surface area contributed by atoms with Crippen LogP contribution in [0.25, 0.3) is 0 Å². The Labute approximate surface area is 146 Å². The van der Waals surface area contributed by atoms with Crippen LogP contribution < -0.4 is 4.90 Å². The minimum atomic E-state index is -0.793. The van der Waals surface area contributed by atoms with E-state index in [0.717, 1.165) is 23.2 Å². The van der Waals surface area contributed by atoms with Gasteiger partial charge in [-0.05, 0) is 41.9 Å². The molecule has 0 bridgehead atoms. The number of carboxylic acids is 1. The minimum absolute atomic E-state index is 0.00767. The largest absolute Gasteiger partial charge is 0.481 e. The number of fused-ring (bicyclic) bond motifs is 1. The van der Waals surface area contributed by atoms with Gasteiger partial charge in [0.1, 0.15) is 0 Å². The topological polar surface area (TPSA) is 75.4 Å². The van der Waals surface area contributed by atoms with E-state index in [1.54, 1.807) is 4.68 Å². The van der Waals surface area contributed by atoms with Gasteiger partial charge >= 0.3 is 5.97 Å². The first-order valence-corrected chi connectivity index (χ1v) is 8.65. The number of anilines is 1. The van der Waals surface area contributed by atoms with E-state index >= 15 is 0 Å². The second-order valence-electron chi connectivity index (χ2n) is 7.03. The number of para-hydroxylation sites is 1. The molecule has 2 aromatic rings. The van der Waals surface area contributed by atoms with E-state index in [1.807, 2.05) is 48.6 Å². The van der Waals surface area contributed by atoms with E-state index in [9.17, 15) is 9.59 Å². The van der Waals surface area contributed by atoms with Crippen LogP contribution in [0.5, 0.6) is 0 Å². The number of aryl methyl sites for hydroxylation is 1. The van der Waals surface area contributed by atoms with E-state index in [4.69, 9.17) is 5.11 Å². The third-order valence-corrected chi connectivity index (χ3v) is 5.32. The van der Waals surface area contributed by atoms with E-state index < -0.39 is 5.97 Å². The van der Waals surface area contributed by atoms with Crippen LogP contribution in [-0.4, -0.2) is 33.3 Å². The van der Waals surface area contributed by atoms with Crippen molar-refractivity contribution in [2.75, 3.05) is 11.4 Å². The Balaban J connectivity index is 1.55. The molecule has 1 amide bonds. The van der Waals surface area contributed by atoms with Gasteiger partial charge in [0, 0.05) is 31.4 Å². The van der Waals surface area contributed by atoms with Crippen molar-refractivity contribution in [3.05, 3.63) is 47.8 Å². The van der Waals surface area contributed by atoms with Crippen molar-refractivity contribution < 1.29 is 14.7 Å². The molecule has 1 aliphatic carbocycles. The quantitative estimate of drug-likeness (QED) is 0.929. The summed E-state index contributed by atoms with van der Waals surface area (Å²) in [5.41, 5.74) is 2.97. The zero-order valence-electron chi connectivity index (χ0n) is 14.1. The SMILES string of the molecule is Cn1cc(C2CC2C(=O)N2CCC(CC(=O)O)c3ccccc32)cn1. The number of nitrogens with zero attached hydrogens (tertiary/aromatic N) is 3. The van der Waals surface area contributed by atoms with Gasteiger partial charge in [-0.2, -0.15) is 5.10 Å². The number of aliphatic carboxylic acids is 1. The van der Waals surface area contributed by atoms with Gasteiger partial charge < -0.3 is 10.0 Å². The van der Waals surface area contributed by atoms with Crippen molar-refractivity contribution in [1.82, 2.24) is 9.78 Å². The van der Waals surface area contributed by atoms with Crippen LogP contribution in [0.3, 0.4) is 0 Å². The first-order chi connectivity index (χ1) is 12.0. The molecule has 0 saturated heterocycles. The fourth-order valence-electron chi connectivity index (χ4n) is 3.96. The molecular weight excluding hydrogens is 318 g/mol. The van der Waals surface area contributed by atoms with Gasteiger partial charge in [-0.3, -0.25) is 14.3 Å². The monoisotopic (exact) mass is 339 g/mol. The lowest BCUT2D eigenvalue weighted by Gasteiger charge is -2.34. The molecule has 6 heteroatoms. The number of carbonyl (C=O) groups is 2. The van der Waals surface area contributed by atoms with Crippen LogP contribution in [0.2, 0.25) is 0 Å². The van der Waals surface area contributed by atoms with Gasteiger partial charge in [-0.15, -0.1) is 0 Å². The number of carboxylic acid groups (broad SMARTS) is 1. The summed E-state index contributed by atoms with van der Waals surface area (Å²) in [7, 11) is 1.88. The number of benzene rings is 1. The maximum absolute atomic E-state index is 13.0. The van der Waals surface area contributed by atoms with Crippen molar-refractivity contribution in [2.45, 2.75) is 31.1 Å². The van der Waals surface area contributed by atoms with E-state index in [2.05, 4.69) is 5.10 Å². The Morgan fingerprint density at radius 3 is 2.84 bits per heavy atom. The maximum atomic E-state index is 13.0. The first-order valence-electron chi connectivity index (χ1n) is 8.65. The van der Waals surface area contributed by atoms with Crippen LogP contribution in [-0.2, 0) is 16.6 Å².